The number of hydrogen-bond donors (Lipinski definition) is 0. The number of ether oxygens (including phenoxy) is 1. The van der Waals surface area contributed by atoms with E-state index in [0.29, 0.717) is 4.90 Å². The fraction of sp³-hybridized carbons (Fsp3) is 0.385. The molecule has 0 amide bonds. The van der Waals surface area contributed by atoms with Crippen LogP contribution < -0.4 is 0 Å². The van der Waals surface area contributed by atoms with Crippen LogP contribution in [-0.2, 0) is 9.53 Å². The minimum absolute atomic E-state index is 0.0361. The van der Waals surface area contributed by atoms with E-state index in [-0.39, 0.29) is 17.3 Å². The first-order valence-corrected chi connectivity index (χ1v) is 6.35. The molecular weight excluding hydrogens is 253 g/mol. The number of benzene rings is 1. The van der Waals surface area contributed by atoms with Crippen LogP contribution in [-0.4, -0.2) is 17.3 Å². The van der Waals surface area contributed by atoms with E-state index in [9.17, 15) is 9.18 Å². The van der Waals surface area contributed by atoms with Gasteiger partial charge in [0.25, 0.3) is 0 Å². The number of thioether (sulfide) groups is 1. The van der Waals surface area contributed by atoms with Gasteiger partial charge < -0.3 is 4.74 Å². The molecule has 0 fully saturated rings. The SMILES string of the molecule is CC(C)(C)OC(=O)CSc1cccc(F)c1C#N. The number of nitriles is 1. The highest BCUT2D eigenvalue weighted by molar-refractivity contribution is 8.00. The lowest BCUT2D eigenvalue weighted by atomic mass is 10.2. The number of nitrogens with zero attached hydrogens (tertiary/aromatic N) is 1. The van der Waals surface area contributed by atoms with Gasteiger partial charge >= 0.3 is 5.97 Å². The van der Waals surface area contributed by atoms with Crippen LogP contribution in [0.4, 0.5) is 4.39 Å². The second kappa shape index (κ2) is 5.87. The summed E-state index contributed by atoms with van der Waals surface area (Å²) in [5.41, 5.74) is -0.580. The highest BCUT2D eigenvalue weighted by Crippen LogP contribution is 2.24. The van der Waals surface area contributed by atoms with Crippen molar-refractivity contribution in [3.63, 3.8) is 0 Å². The second-order valence-electron chi connectivity index (χ2n) is 4.60. The Morgan fingerprint density at radius 1 is 1.50 bits per heavy atom. The Bertz CT molecular complexity index is 489. The lowest BCUT2D eigenvalue weighted by molar-refractivity contribution is -0.151. The molecule has 3 nitrogen and oxygen atoms in total. The van der Waals surface area contributed by atoms with Crippen molar-refractivity contribution in [3.05, 3.63) is 29.6 Å². The molecule has 0 unspecified atom stereocenters. The predicted molar refractivity (Wildman–Crippen MR) is 67.7 cm³/mol. The summed E-state index contributed by atoms with van der Waals surface area (Å²) in [6.45, 7) is 5.33. The minimum Gasteiger partial charge on any atom is -0.459 e. The van der Waals surface area contributed by atoms with Crippen LogP contribution >= 0.6 is 11.8 Å². The summed E-state index contributed by atoms with van der Waals surface area (Å²) < 4.78 is 18.4. The van der Waals surface area contributed by atoms with Crippen LogP contribution in [0.1, 0.15) is 26.3 Å². The fourth-order valence-corrected chi connectivity index (χ4v) is 2.04. The van der Waals surface area contributed by atoms with E-state index in [1.54, 1.807) is 32.9 Å². The Hall–Kier alpha value is -1.54. The number of esters is 1. The van der Waals surface area contributed by atoms with Crippen molar-refractivity contribution in [2.45, 2.75) is 31.3 Å². The summed E-state index contributed by atoms with van der Waals surface area (Å²) >= 11 is 1.10. The van der Waals surface area contributed by atoms with E-state index in [4.69, 9.17) is 10.00 Å². The van der Waals surface area contributed by atoms with Crippen molar-refractivity contribution in [2.75, 3.05) is 5.75 Å². The van der Waals surface area contributed by atoms with E-state index in [1.165, 1.54) is 12.1 Å². The summed E-state index contributed by atoms with van der Waals surface area (Å²) in [7, 11) is 0. The monoisotopic (exact) mass is 267 g/mol. The van der Waals surface area contributed by atoms with Crippen LogP contribution in [0.5, 0.6) is 0 Å². The molecule has 0 N–H and O–H groups in total. The standard InChI is InChI=1S/C13H14FNO2S/c1-13(2,3)17-12(16)8-18-11-6-4-5-10(14)9(11)7-15/h4-6H,8H2,1-3H3. The summed E-state index contributed by atoms with van der Waals surface area (Å²) in [6.07, 6.45) is 0. The van der Waals surface area contributed by atoms with Gasteiger partial charge in [0.15, 0.2) is 0 Å². The molecule has 0 saturated carbocycles. The van der Waals surface area contributed by atoms with Crippen LogP contribution in [0.3, 0.4) is 0 Å². The maximum Gasteiger partial charge on any atom is 0.316 e. The predicted octanol–water partition coefficient (Wildman–Crippen LogP) is 3.13. The zero-order chi connectivity index (χ0) is 13.8. The van der Waals surface area contributed by atoms with Gasteiger partial charge in [-0.15, -0.1) is 11.8 Å². The molecule has 1 aromatic rings. The third kappa shape index (κ3) is 4.38. The van der Waals surface area contributed by atoms with E-state index >= 15 is 0 Å². The first-order chi connectivity index (χ1) is 8.33. The van der Waals surface area contributed by atoms with E-state index in [2.05, 4.69) is 0 Å². The zero-order valence-electron chi connectivity index (χ0n) is 10.5. The van der Waals surface area contributed by atoms with Crippen molar-refractivity contribution in [1.29, 1.82) is 5.26 Å². The average Bonchev–Trinajstić information content (AvgIpc) is 2.24. The van der Waals surface area contributed by atoms with Gasteiger partial charge in [0.05, 0.1) is 5.75 Å². The lowest BCUT2D eigenvalue weighted by Gasteiger charge is -2.19. The molecule has 0 atom stereocenters. The number of carbonyl (C=O) groups excluding carboxylic acids is 1. The number of rotatable bonds is 3. The van der Waals surface area contributed by atoms with Crippen molar-refractivity contribution in [3.8, 4) is 6.07 Å². The summed E-state index contributed by atoms with van der Waals surface area (Å²) in [5.74, 6) is -0.914. The Balaban J connectivity index is 2.68. The fourth-order valence-electron chi connectivity index (χ4n) is 1.24. The first-order valence-electron chi connectivity index (χ1n) is 5.37. The van der Waals surface area contributed by atoms with Crippen LogP contribution in [0.15, 0.2) is 23.1 Å². The molecule has 1 aromatic carbocycles. The van der Waals surface area contributed by atoms with Gasteiger partial charge in [-0.05, 0) is 32.9 Å². The number of hydrogen-bond acceptors (Lipinski definition) is 4. The molecule has 0 aromatic heterocycles. The molecule has 96 valence electrons. The van der Waals surface area contributed by atoms with Gasteiger partial charge in [-0.3, -0.25) is 4.79 Å². The van der Waals surface area contributed by atoms with Gasteiger partial charge in [0.1, 0.15) is 23.1 Å². The van der Waals surface area contributed by atoms with Crippen molar-refractivity contribution in [1.82, 2.24) is 0 Å². The van der Waals surface area contributed by atoms with Gasteiger partial charge in [-0.2, -0.15) is 5.26 Å². The smallest absolute Gasteiger partial charge is 0.316 e. The zero-order valence-corrected chi connectivity index (χ0v) is 11.3. The molecule has 0 spiro atoms. The Morgan fingerprint density at radius 3 is 2.72 bits per heavy atom. The molecule has 1 rings (SSSR count). The highest BCUT2D eigenvalue weighted by Gasteiger charge is 2.17. The topological polar surface area (TPSA) is 50.1 Å². The number of halogens is 1. The van der Waals surface area contributed by atoms with Crippen LogP contribution in [0.2, 0.25) is 0 Å². The van der Waals surface area contributed by atoms with Gasteiger partial charge in [-0.1, -0.05) is 6.07 Å². The van der Waals surface area contributed by atoms with Crippen molar-refractivity contribution in [2.24, 2.45) is 0 Å². The van der Waals surface area contributed by atoms with Crippen molar-refractivity contribution < 1.29 is 13.9 Å². The third-order valence-electron chi connectivity index (χ3n) is 1.85. The highest BCUT2D eigenvalue weighted by atomic mass is 32.2. The largest absolute Gasteiger partial charge is 0.459 e. The summed E-state index contributed by atoms with van der Waals surface area (Å²) in [6, 6.07) is 6.12. The van der Waals surface area contributed by atoms with Gasteiger partial charge in [-0.25, -0.2) is 4.39 Å². The first kappa shape index (κ1) is 14.5. The lowest BCUT2D eigenvalue weighted by Crippen LogP contribution is -2.24. The number of carbonyl (C=O) groups is 1. The summed E-state index contributed by atoms with van der Waals surface area (Å²) in [4.78, 5) is 11.9. The van der Waals surface area contributed by atoms with Gasteiger partial charge in [0, 0.05) is 4.90 Å². The quantitative estimate of drug-likeness (QED) is 0.623. The molecule has 18 heavy (non-hydrogen) atoms. The van der Waals surface area contributed by atoms with E-state index in [1.807, 2.05) is 0 Å². The normalized spacial score (nSPS) is 10.8. The van der Waals surface area contributed by atoms with E-state index in [0.717, 1.165) is 11.8 Å². The molecule has 0 aliphatic carbocycles. The molecule has 0 aliphatic rings. The maximum absolute atomic E-state index is 13.3. The Kier molecular flexibility index (Phi) is 4.74. The van der Waals surface area contributed by atoms with Crippen LogP contribution in [0.25, 0.3) is 0 Å². The Labute approximate surface area is 110 Å². The third-order valence-corrected chi connectivity index (χ3v) is 2.88. The Morgan fingerprint density at radius 2 is 2.17 bits per heavy atom. The minimum atomic E-state index is -0.577. The molecule has 5 heteroatoms. The molecule has 0 heterocycles. The van der Waals surface area contributed by atoms with E-state index < -0.39 is 11.4 Å². The van der Waals surface area contributed by atoms with Crippen molar-refractivity contribution >= 4 is 17.7 Å². The molecule has 0 bridgehead atoms. The molecular formula is C13H14FNO2S. The van der Waals surface area contributed by atoms with Crippen LogP contribution in [0, 0.1) is 17.1 Å². The molecule has 0 radical (unpaired) electrons. The van der Waals surface area contributed by atoms with Gasteiger partial charge in [0.2, 0.25) is 0 Å². The molecule has 0 saturated heterocycles. The summed E-state index contributed by atoms with van der Waals surface area (Å²) in [5, 5.41) is 8.83. The maximum atomic E-state index is 13.3. The average molecular weight is 267 g/mol. The molecule has 0 aliphatic heterocycles. The second-order valence-corrected chi connectivity index (χ2v) is 5.62.